The van der Waals surface area contributed by atoms with Crippen LogP contribution in [0.4, 0.5) is 5.13 Å². The second kappa shape index (κ2) is 6.13. The fraction of sp³-hybridized carbons (Fsp3) is 0.438. The third-order valence-electron chi connectivity index (χ3n) is 3.97. The van der Waals surface area contributed by atoms with Crippen molar-refractivity contribution in [3.05, 3.63) is 47.0 Å². The zero-order valence-corrected chi connectivity index (χ0v) is 13.4. The molecule has 21 heavy (non-hydrogen) atoms. The van der Waals surface area contributed by atoms with Crippen molar-refractivity contribution >= 4 is 16.5 Å². The fourth-order valence-corrected chi connectivity index (χ4v) is 3.77. The lowest BCUT2D eigenvalue weighted by Crippen LogP contribution is -2.28. The quantitative estimate of drug-likeness (QED) is 0.940. The van der Waals surface area contributed by atoms with Gasteiger partial charge in [-0.05, 0) is 5.56 Å². The lowest BCUT2D eigenvalue weighted by Gasteiger charge is -2.15. The Morgan fingerprint density at radius 1 is 1.29 bits per heavy atom. The number of thiazole rings is 1. The number of hydrogen-bond donors (Lipinski definition) is 1. The average Bonchev–Trinajstić information content (AvgIpc) is 3.07. The molecule has 0 bridgehead atoms. The van der Waals surface area contributed by atoms with Gasteiger partial charge in [0.25, 0.3) is 0 Å². The predicted molar refractivity (Wildman–Crippen MR) is 88.9 cm³/mol. The minimum atomic E-state index is 0.216. The molecular formula is C16H22N4S. The molecule has 2 heterocycles. The largest absolute Gasteiger partial charge is 0.354 e. The molecular weight excluding hydrogens is 280 g/mol. The molecule has 5 heteroatoms. The monoisotopic (exact) mass is 302 g/mol. The van der Waals surface area contributed by atoms with Crippen LogP contribution in [0.2, 0.25) is 0 Å². The number of likely N-dealkylation sites (tertiary alicyclic amines) is 1. The molecule has 1 aromatic carbocycles. The van der Waals surface area contributed by atoms with Gasteiger partial charge in [-0.25, -0.2) is 4.98 Å². The van der Waals surface area contributed by atoms with Gasteiger partial charge in [-0.15, -0.1) is 11.3 Å². The summed E-state index contributed by atoms with van der Waals surface area (Å²) in [6.45, 7) is 2.93. The van der Waals surface area contributed by atoms with Crippen molar-refractivity contribution in [2.45, 2.75) is 18.5 Å². The van der Waals surface area contributed by atoms with Crippen LogP contribution in [0.1, 0.15) is 16.4 Å². The summed E-state index contributed by atoms with van der Waals surface area (Å²) in [7, 11) is 4.06. The zero-order chi connectivity index (χ0) is 14.8. The summed E-state index contributed by atoms with van der Waals surface area (Å²) in [4.78, 5) is 10.2. The van der Waals surface area contributed by atoms with Crippen LogP contribution in [0.3, 0.4) is 0 Å². The van der Waals surface area contributed by atoms with Gasteiger partial charge in [-0.1, -0.05) is 30.3 Å². The van der Waals surface area contributed by atoms with Crippen LogP contribution in [-0.2, 0) is 6.54 Å². The molecule has 112 valence electrons. The van der Waals surface area contributed by atoms with E-state index in [0.29, 0.717) is 5.92 Å². The lowest BCUT2D eigenvalue weighted by atomic mass is 9.95. The standard InChI is InChI=1S/C16H22N4S/c1-19(2)16-18-8-13(21-16)9-20-10-14(15(17)11-20)12-6-4-3-5-7-12/h3-8,14-15H,9-11,17H2,1-2H3/t14-,15+/m0/s1. The van der Waals surface area contributed by atoms with Crippen LogP contribution in [0.5, 0.6) is 0 Å². The van der Waals surface area contributed by atoms with Crippen LogP contribution in [0.15, 0.2) is 36.5 Å². The number of aromatic nitrogens is 1. The van der Waals surface area contributed by atoms with E-state index in [4.69, 9.17) is 5.73 Å². The molecule has 0 spiro atoms. The van der Waals surface area contributed by atoms with Crippen LogP contribution in [0, 0.1) is 0 Å². The van der Waals surface area contributed by atoms with Crippen molar-refractivity contribution in [1.82, 2.24) is 9.88 Å². The van der Waals surface area contributed by atoms with E-state index in [1.807, 2.05) is 20.3 Å². The normalized spacial score (nSPS) is 22.6. The molecule has 2 N–H and O–H groups in total. The van der Waals surface area contributed by atoms with E-state index in [9.17, 15) is 0 Å². The Morgan fingerprint density at radius 3 is 2.71 bits per heavy atom. The van der Waals surface area contributed by atoms with Gasteiger partial charge in [0.15, 0.2) is 5.13 Å². The van der Waals surface area contributed by atoms with Crippen molar-refractivity contribution in [2.24, 2.45) is 5.73 Å². The Balaban J connectivity index is 1.65. The molecule has 0 radical (unpaired) electrons. The van der Waals surface area contributed by atoms with Gasteiger partial charge in [0, 0.05) is 56.8 Å². The van der Waals surface area contributed by atoms with E-state index in [0.717, 1.165) is 24.8 Å². The highest BCUT2D eigenvalue weighted by Gasteiger charge is 2.31. The topological polar surface area (TPSA) is 45.4 Å². The van der Waals surface area contributed by atoms with Gasteiger partial charge in [-0.2, -0.15) is 0 Å². The summed E-state index contributed by atoms with van der Waals surface area (Å²) in [5.74, 6) is 0.437. The number of rotatable bonds is 4. The Hall–Kier alpha value is -1.43. The smallest absolute Gasteiger partial charge is 0.185 e. The van der Waals surface area contributed by atoms with Crippen molar-refractivity contribution < 1.29 is 0 Å². The van der Waals surface area contributed by atoms with E-state index in [1.54, 1.807) is 11.3 Å². The summed E-state index contributed by atoms with van der Waals surface area (Å²) >= 11 is 1.76. The predicted octanol–water partition coefficient (Wildman–Crippen LogP) is 2.14. The first-order chi connectivity index (χ1) is 10.1. The minimum absolute atomic E-state index is 0.216. The Morgan fingerprint density at radius 2 is 2.05 bits per heavy atom. The van der Waals surface area contributed by atoms with E-state index < -0.39 is 0 Å². The molecule has 1 fully saturated rings. The first kappa shape index (κ1) is 14.5. The van der Waals surface area contributed by atoms with Gasteiger partial charge >= 0.3 is 0 Å². The van der Waals surface area contributed by atoms with Crippen molar-refractivity contribution in [2.75, 3.05) is 32.1 Å². The molecule has 1 aromatic heterocycles. The fourth-order valence-electron chi connectivity index (χ4n) is 2.89. The summed E-state index contributed by atoms with van der Waals surface area (Å²) in [5.41, 5.74) is 7.70. The van der Waals surface area contributed by atoms with Crippen molar-refractivity contribution in [3.8, 4) is 0 Å². The maximum absolute atomic E-state index is 6.35. The Labute approximate surface area is 130 Å². The zero-order valence-electron chi connectivity index (χ0n) is 12.6. The van der Waals surface area contributed by atoms with Gasteiger partial charge in [-0.3, -0.25) is 4.90 Å². The highest BCUT2D eigenvalue weighted by atomic mass is 32.1. The summed E-state index contributed by atoms with van der Waals surface area (Å²) in [5, 5.41) is 1.06. The second-order valence-electron chi connectivity index (χ2n) is 5.88. The molecule has 0 unspecified atom stereocenters. The van der Waals surface area contributed by atoms with Crippen LogP contribution in [0.25, 0.3) is 0 Å². The molecule has 0 saturated carbocycles. The van der Waals surface area contributed by atoms with Gasteiger partial charge in [0.2, 0.25) is 0 Å². The first-order valence-corrected chi connectivity index (χ1v) is 8.10. The van der Waals surface area contributed by atoms with Crippen LogP contribution >= 0.6 is 11.3 Å². The number of nitrogens with zero attached hydrogens (tertiary/aromatic N) is 3. The third kappa shape index (κ3) is 3.26. The van der Waals surface area contributed by atoms with Crippen LogP contribution in [-0.4, -0.2) is 43.1 Å². The molecule has 1 aliphatic heterocycles. The lowest BCUT2D eigenvalue weighted by molar-refractivity contribution is 0.326. The third-order valence-corrected chi connectivity index (χ3v) is 5.12. The molecule has 1 aliphatic rings. The first-order valence-electron chi connectivity index (χ1n) is 7.28. The summed E-state index contributed by atoms with van der Waals surface area (Å²) in [6.07, 6.45) is 1.99. The second-order valence-corrected chi connectivity index (χ2v) is 6.97. The highest BCUT2D eigenvalue weighted by Crippen LogP contribution is 2.29. The van der Waals surface area contributed by atoms with E-state index in [1.165, 1.54) is 10.4 Å². The molecule has 3 rings (SSSR count). The van der Waals surface area contributed by atoms with Gasteiger partial charge in [0.05, 0.1) is 0 Å². The number of nitrogens with two attached hydrogens (primary N) is 1. The van der Waals surface area contributed by atoms with Gasteiger partial charge in [0.1, 0.15) is 0 Å². The number of anilines is 1. The van der Waals surface area contributed by atoms with Gasteiger partial charge < -0.3 is 10.6 Å². The van der Waals surface area contributed by atoms with Crippen LogP contribution < -0.4 is 10.6 Å². The SMILES string of the molecule is CN(C)c1ncc(CN2C[C@@H](N)[C@H](c3ccccc3)C2)s1. The average molecular weight is 302 g/mol. The van der Waals surface area contributed by atoms with Crippen molar-refractivity contribution in [3.63, 3.8) is 0 Å². The molecule has 0 aliphatic carbocycles. The maximum atomic E-state index is 6.35. The van der Waals surface area contributed by atoms with E-state index in [2.05, 4.69) is 45.1 Å². The highest BCUT2D eigenvalue weighted by molar-refractivity contribution is 7.15. The summed E-state index contributed by atoms with van der Waals surface area (Å²) in [6, 6.07) is 10.8. The maximum Gasteiger partial charge on any atom is 0.185 e. The van der Waals surface area contributed by atoms with E-state index in [-0.39, 0.29) is 6.04 Å². The Kier molecular flexibility index (Phi) is 4.24. The summed E-state index contributed by atoms with van der Waals surface area (Å²) < 4.78 is 0. The number of benzene rings is 1. The van der Waals surface area contributed by atoms with E-state index >= 15 is 0 Å². The molecule has 0 amide bonds. The molecule has 2 atom stereocenters. The number of hydrogen-bond acceptors (Lipinski definition) is 5. The Bertz CT molecular complexity index is 581. The molecule has 1 saturated heterocycles. The molecule has 4 nitrogen and oxygen atoms in total. The minimum Gasteiger partial charge on any atom is -0.354 e. The van der Waals surface area contributed by atoms with Crippen molar-refractivity contribution in [1.29, 1.82) is 0 Å². The molecule has 2 aromatic rings.